The molecule has 5 aliphatic rings. The molecule has 136 valence electrons. The van der Waals surface area contributed by atoms with Crippen molar-refractivity contribution in [1.82, 2.24) is 35.3 Å². The molecule has 2 atom stereocenters. The number of hydrogen-bond acceptors (Lipinski definition) is 7. The molecule has 0 spiro atoms. The van der Waals surface area contributed by atoms with Gasteiger partial charge in [-0.3, -0.25) is 5.01 Å². The lowest BCUT2D eigenvalue weighted by Gasteiger charge is -2.38. The van der Waals surface area contributed by atoms with Gasteiger partial charge in [-0.05, 0) is 62.4 Å². The Morgan fingerprint density at radius 2 is 2.16 bits per heavy atom. The molecule has 8 heteroatoms. The molecule has 5 aliphatic heterocycles. The number of fused-ring (bicyclic) bond motifs is 6. The molecule has 3 saturated heterocycles. The Morgan fingerprint density at radius 1 is 1.16 bits per heavy atom. The number of aryl methyl sites for hydroxylation is 1. The highest BCUT2D eigenvalue weighted by Crippen LogP contribution is 2.34. The minimum absolute atomic E-state index is 0.792. The summed E-state index contributed by atoms with van der Waals surface area (Å²) in [4.78, 5) is 3.20. The van der Waals surface area contributed by atoms with E-state index in [1.807, 2.05) is 5.12 Å². The molecule has 0 radical (unpaired) electrons. The van der Waals surface area contributed by atoms with Crippen molar-refractivity contribution in [2.75, 3.05) is 38.6 Å². The lowest BCUT2D eigenvalue weighted by molar-refractivity contribution is -0.0989. The van der Waals surface area contributed by atoms with E-state index in [9.17, 15) is 0 Å². The van der Waals surface area contributed by atoms with Crippen LogP contribution in [-0.2, 0) is 6.42 Å². The number of piperidine rings is 1. The second-order valence-corrected chi connectivity index (χ2v) is 8.00. The zero-order valence-corrected chi connectivity index (χ0v) is 15.3. The molecule has 3 fully saturated rings. The average Bonchev–Trinajstić information content (AvgIpc) is 3.37. The van der Waals surface area contributed by atoms with Gasteiger partial charge in [0.2, 0.25) is 0 Å². The number of piperazine rings is 1. The summed E-state index contributed by atoms with van der Waals surface area (Å²) in [5.41, 5.74) is 2.90. The molecule has 0 aromatic carbocycles. The van der Waals surface area contributed by atoms with E-state index in [0.717, 1.165) is 37.5 Å². The number of nitrogens with one attached hydrogen (secondary N) is 3. The van der Waals surface area contributed by atoms with E-state index in [1.54, 1.807) is 17.6 Å². The Labute approximate surface area is 153 Å². The normalized spacial score (nSPS) is 30.6. The fourth-order valence-electron chi connectivity index (χ4n) is 4.56. The van der Waals surface area contributed by atoms with E-state index in [2.05, 4.69) is 54.7 Å². The molecule has 7 nitrogen and oxygen atoms in total. The van der Waals surface area contributed by atoms with Gasteiger partial charge < -0.3 is 15.2 Å². The Hall–Kier alpha value is -1.19. The fourth-order valence-corrected chi connectivity index (χ4v) is 5.28. The Kier molecular flexibility index (Phi) is 4.39. The predicted octanol–water partition coefficient (Wildman–Crippen LogP) is 0.889. The van der Waals surface area contributed by atoms with E-state index in [-0.39, 0.29) is 0 Å². The molecule has 3 N–H and O–H groups in total. The average molecular weight is 362 g/mol. The quantitative estimate of drug-likeness (QED) is 0.593. The first-order valence-electron chi connectivity index (χ1n) is 9.39. The van der Waals surface area contributed by atoms with Gasteiger partial charge in [0.25, 0.3) is 0 Å². The second-order valence-electron chi connectivity index (χ2n) is 7.27. The third-order valence-electron chi connectivity index (χ3n) is 5.84. The molecule has 6 rings (SSSR count). The molecule has 1 aromatic rings. The van der Waals surface area contributed by atoms with Crippen LogP contribution in [-0.4, -0.2) is 58.4 Å². The van der Waals surface area contributed by atoms with Crippen molar-refractivity contribution < 1.29 is 0 Å². The molecule has 0 saturated carbocycles. The highest BCUT2D eigenvalue weighted by Gasteiger charge is 2.35. The lowest BCUT2D eigenvalue weighted by atomic mass is 9.85. The van der Waals surface area contributed by atoms with Crippen LogP contribution in [0.5, 0.6) is 0 Å². The molecule has 0 aliphatic carbocycles. The summed E-state index contributed by atoms with van der Waals surface area (Å²) in [5, 5.41) is 13.4. The topological polar surface area (TPSA) is 50.7 Å². The summed E-state index contributed by atoms with van der Waals surface area (Å²) in [6, 6.07) is 5.26. The summed E-state index contributed by atoms with van der Waals surface area (Å²) < 4.78 is 2.51. The Balaban J connectivity index is 0.000000112. The van der Waals surface area contributed by atoms with Gasteiger partial charge in [-0.2, -0.15) is 4.83 Å². The third kappa shape index (κ3) is 2.96. The van der Waals surface area contributed by atoms with Crippen molar-refractivity contribution in [2.24, 2.45) is 5.92 Å². The van der Waals surface area contributed by atoms with Crippen LogP contribution in [0.25, 0.3) is 0 Å². The highest BCUT2D eigenvalue weighted by atomic mass is 32.2. The zero-order valence-electron chi connectivity index (χ0n) is 14.5. The van der Waals surface area contributed by atoms with E-state index in [4.69, 9.17) is 0 Å². The maximum atomic E-state index is 3.49. The number of nitrogens with zero attached hydrogens (tertiary/aromatic N) is 4. The number of aromatic nitrogens is 1. The van der Waals surface area contributed by atoms with Crippen molar-refractivity contribution in [2.45, 2.75) is 25.3 Å². The highest BCUT2D eigenvalue weighted by molar-refractivity contribution is 7.97. The summed E-state index contributed by atoms with van der Waals surface area (Å²) in [6.45, 7) is 5.55. The van der Waals surface area contributed by atoms with E-state index >= 15 is 0 Å². The van der Waals surface area contributed by atoms with Crippen molar-refractivity contribution in [3.8, 4) is 0 Å². The monoisotopic (exact) mass is 361 g/mol. The van der Waals surface area contributed by atoms with Gasteiger partial charge in [-0.25, -0.2) is 5.12 Å². The van der Waals surface area contributed by atoms with Crippen molar-refractivity contribution >= 4 is 11.9 Å². The molecule has 1 aromatic heterocycles. The van der Waals surface area contributed by atoms with Gasteiger partial charge in [0.1, 0.15) is 5.88 Å². The molecule has 6 heterocycles. The fraction of sp³-hybridized carbons (Fsp3) is 0.647. The minimum atomic E-state index is 0.792. The Morgan fingerprint density at radius 3 is 3.16 bits per heavy atom. The van der Waals surface area contributed by atoms with Crippen LogP contribution >= 0.6 is 11.9 Å². The van der Waals surface area contributed by atoms with Crippen LogP contribution in [0, 0.1) is 5.92 Å². The summed E-state index contributed by atoms with van der Waals surface area (Å²) in [6.07, 6.45) is 8.37. The van der Waals surface area contributed by atoms with Crippen LogP contribution in [0.3, 0.4) is 0 Å². The van der Waals surface area contributed by atoms with Crippen molar-refractivity contribution in [1.29, 1.82) is 0 Å². The first-order chi connectivity index (χ1) is 12.4. The number of hydrazine groups is 3. The summed E-state index contributed by atoms with van der Waals surface area (Å²) in [7, 11) is 0. The standard InChI is InChI=1S/C11H16N2.C6H11N5S/c1-2-10-4-3-9-8-12-6-5-11(9)13(10)7-1;1-2-9-6(3-7-1)4-10-8-12-5-11(9)10/h1-2,7,9,11-12H,3-6,8H2;4,7-8H,1-3,5H2. The van der Waals surface area contributed by atoms with Crippen LogP contribution in [0.1, 0.15) is 24.6 Å². The molecule has 2 unspecified atom stereocenters. The van der Waals surface area contributed by atoms with Crippen molar-refractivity contribution in [3.63, 3.8) is 0 Å². The largest absolute Gasteiger partial charge is 0.348 e. The summed E-state index contributed by atoms with van der Waals surface area (Å²) >= 11 is 1.72. The van der Waals surface area contributed by atoms with Gasteiger partial charge in [0, 0.05) is 37.6 Å². The van der Waals surface area contributed by atoms with Crippen LogP contribution in [0.15, 0.2) is 30.2 Å². The van der Waals surface area contributed by atoms with Crippen LogP contribution < -0.4 is 15.5 Å². The van der Waals surface area contributed by atoms with Gasteiger partial charge in [-0.15, -0.1) is 5.12 Å². The molecule has 0 bridgehead atoms. The third-order valence-corrected chi connectivity index (χ3v) is 6.51. The Bertz CT molecular complexity index is 645. The van der Waals surface area contributed by atoms with Gasteiger partial charge in [0.15, 0.2) is 0 Å². The smallest absolute Gasteiger partial charge is 0.102 e. The number of rotatable bonds is 0. The first-order valence-corrected chi connectivity index (χ1v) is 10.4. The van der Waals surface area contributed by atoms with Crippen molar-refractivity contribution in [3.05, 3.63) is 35.9 Å². The van der Waals surface area contributed by atoms with Gasteiger partial charge in [-0.1, -0.05) is 0 Å². The van der Waals surface area contributed by atoms with E-state index in [1.165, 1.54) is 38.0 Å². The van der Waals surface area contributed by atoms with E-state index in [0.29, 0.717) is 0 Å². The first kappa shape index (κ1) is 16.0. The maximum absolute atomic E-state index is 3.49. The van der Waals surface area contributed by atoms with E-state index < -0.39 is 0 Å². The predicted molar refractivity (Wildman–Crippen MR) is 99.7 cm³/mol. The van der Waals surface area contributed by atoms with Crippen LogP contribution in [0.2, 0.25) is 0 Å². The second kappa shape index (κ2) is 6.85. The molecule has 25 heavy (non-hydrogen) atoms. The molecular weight excluding hydrogens is 334 g/mol. The van der Waals surface area contributed by atoms with Gasteiger partial charge in [0.05, 0.1) is 11.9 Å². The minimum Gasteiger partial charge on any atom is -0.348 e. The molecular formula is C17H27N7S. The van der Waals surface area contributed by atoms with Gasteiger partial charge >= 0.3 is 0 Å². The lowest BCUT2D eigenvalue weighted by Crippen LogP contribution is -2.49. The number of hydrogen-bond donors (Lipinski definition) is 3. The molecule has 0 amide bonds. The summed E-state index contributed by atoms with van der Waals surface area (Å²) in [5.74, 6) is 1.88. The SMILES string of the molecule is C1=C2CNCCN2N2CSNN12.c1cc2n(c1)C1CCNCC1CC2. The maximum Gasteiger partial charge on any atom is 0.102 e. The van der Waals surface area contributed by atoms with Crippen LogP contribution in [0.4, 0.5) is 0 Å². The zero-order chi connectivity index (χ0) is 16.6.